The van der Waals surface area contributed by atoms with E-state index >= 15 is 0 Å². The number of furan rings is 2. The van der Waals surface area contributed by atoms with Gasteiger partial charge in [0.25, 0.3) is 0 Å². The van der Waals surface area contributed by atoms with Crippen molar-refractivity contribution in [2.75, 3.05) is 0 Å². The van der Waals surface area contributed by atoms with E-state index in [9.17, 15) is 11.0 Å². The van der Waals surface area contributed by atoms with Crippen LogP contribution in [-0.2, 0) is 0 Å². The average Bonchev–Trinajstić information content (AvgIpc) is 4.08. The molecule has 0 radical (unpaired) electrons. The van der Waals surface area contributed by atoms with E-state index in [0.29, 0.717) is 16.7 Å². The van der Waals surface area contributed by atoms with Crippen LogP contribution in [0.5, 0.6) is 0 Å². The van der Waals surface area contributed by atoms with Crippen molar-refractivity contribution < 1.29 is 28.0 Å². The maximum absolute atomic E-state index is 9.95. The number of hydrogen-bond donors (Lipinski definition) is 0. The maximum Gasteiger partial charge on any atom is 0.238 e. The summed E-state index contributed by atoms with van der Waals surface area (Å²) in [5, 5.41) is 0.127. The fourth-order valence-corrected chi connectivity index (χ4v) is 7.31. The second-order valence-corrected chi connectivity index (χ2v) is 13.3. The van der Waals surface area contributed by atoms with E-state index in [1.54, 1.807) is 91.0 Å². The van der Waals surface area contributed by atoms with Crippen LogP contribution in [0.1, 0.15) is 19.2 Å². The zero-order chi connectivity index (χ0) is 49.6. The number of para-hydroxylation sites is 1. The minimum atomic E-state index is -0.615. The molecule has 8 aromatic carbocycles. The standard InChI is InChI=1S/C51H30N4O2/c1-4-13-31(14-5-1)34-23-25-38-41-29-43-40(30-47(41)57-45(38)27-34)37-19-10-11-21-42(37)55(43)51-53-49(33-17-8-3-9-18-33)52-50(54-51)35-24-26-39-46(28-35)56-44-22-12-20-36(48(39)44)32-15-6-2-7-16-32/h1-30H/i10D,11D,12D,19D,20D,21D,22D,23D,24D,25D,26D,27D,28D,29D. The fraction of sp³-hybridized carbons (Fsp3) is 0. The Morgan fingerprint density at radius 2 is 1.07 bits per heavy atom. The summed E-state index contributed by atoms with van der Waals surface area (Å²) in [6.45, 7) is 0. The average molecular weight is 745 g/mol. The maximum atomic E-state index is 9.95. The third kappa shape index (κ3) is 5.01. The van der Waals surface area contributed by atoms with Crippen molar-refractivity contribution in [1.82, 2.24) is 19.5 Å². The molecule has 12 rings (SSSR count). The molecule has 0 aliphatic rings. The monoisotopic (exact) mass is 744 g/mol. The summed E-state index contributed by atoms with van der Waals surface area (Å²) in [4.78, 5) is 14.4. The molecule has 6 heteroatoms. The van der Waals surface area contributed by atoms with Gasteiger partial charge >= 0.3 is 0 Å². The molecule has 0 saturated carbocycles. The Balaban J connectivity index is 1.21. The van der Waals surface area contributed by atoms with Gasteiger partial charge in [-0.05, 0) is 70.6 Å². The SMILES string of the molecule is [2H]c1c([2H])c(-c2ccccc2)c2c(oc3c([2H])c(-c4nc(-c5ccccc5)nc(-n5c6c([2H])c7c(cc6c6c([2H])c([2H])c([2H])c([2H])c65)oc5c([2H])c(-c6ccccc6)c([2H])c([2H])c57)n4)c([2H])c([2H])c32)c1[2H]. The molecule has 0 N–H and O–H groups in total. The molecule has 0 aliphatic heterocycles. The molecule has 0 bridgehead atoms. The molecule has 266 valence electrons. The van der Waals surface area contributed by atoms with E-state index in [1.165, 1.54) is 10.6 Å². The highest BCUT2D eigenvalue weighted by atomic mass is 16.3. The van der Waals surface area contributed by atoms with Crippen LogP contribution >= 0.6 is 0 Å². The minimum Gasteiger partial charge on any atom is -0.456 e. The Morgan fingerprint density at radius 1 is 0.421 bits per heavy atom. The normalized spacial score (nSPS) is 15.3. The molecule has 12 aromatic rings. The zero-order valence-electron chi connectivity index (χ0n) is 43.3. The summed E-state index contributed by atoms with van der Waals surface area (Å²) in [6.07, 6.45) is 0. The first-order valence-corrected chi connectivity index (χ1v) is 17.9. The number of nitrogens with zero attached hydrogens (tertiary/aromatic N) is 4. The smallest absolute Gasteiger partial charge is 0.238 e. The van der Waals surface area contributed by atoms with Gasteiger partial charge in [-0.15, -0.1) is 0 Å². The van der Waals surface area contributed by atoms with Crippen molar-refractivity contribution >= 4 is 65.7 Å². The molecule has 4 aromatic heterocycles. The number of rotatable bonds is 5. The molecule has 57 heavy (non-hydrogen) atoms. The van der Waals surface area contributed by atoms with Gasteiger partial charge in [0.1, 0.15) is 22.3 Å². The highest BCUT2D eigenvalue weighted by molar-refractivity contribution is 6.17. The van der Waals surface area contributed by atoms with Crippen LogP contribution in [0, 0.1) is 0 Å². The van der Waals surface area contributed by atoms with Crippen molar-refractivity contribution in [3.63, 3.8) is 0 Å². The van der Waals surface area contributed by atoms with Gasteiger partial charge in [0.15, 0.2) is 11.6 Å². The molecule has 6 nitrogen and oxygen atoms in total. The largest absolute Gasteiger partial charge is 0.456 e. The molecular formula is C51H30N4O2. The first kappa shape index (κ1) is 20.7. The van der Waals surface area contributed by atoms with Crippen LogP contribution in [0.2, 0.25) is 0 Å². The van der Waals surface area contributed by atoms with Crippen molar-refractivity contribution in [1.29, 1.82) is 0 Å². The summed E-state index contributed by atoms with van der Waals surface area (Å²) in [7, 11) is 0. The molecule has 0 fully saturated rings. The van der Waals surface area contributed by atoms with Gasteiger partial charge < -0.3 is 8.83 Å². The van der Waals surface area contributed by atoms with Crippen molar-refractivity contribution in [2.45, 2.75) is 0 Å². The third-order valence-electron chi connectivity index (χ3n) is 9.92. The lowest BCUT2D eigenvalue weighted by atomic mass is 9.99. The first-order valence-electron chi connectivity index (χ1n) is 24.9. The van der Waals surface area contributed by atoms with Crippen LogP contribution < -0.4 is 0 Å². The minimum absolute atomic E-state index is 0.0121. The zero-order valence-corrected chi connectivity index (χ0v) is 29.3. The van der Waals surface area contributed by atoms with Gasteiger partial charge in [-0.25, -0.2) is 4.98 Å². The molecule has 0 amide bonds. The highest BCUT2D eigenvalue weighted by Gasteiger charge is 2.21. The van der Waals surface area contributed by atoms with E-state index in [4.69, 9.17) is 32.0 Å². The van der Waals surface area contributed by atoms with E-state index in [1.807, 2.05) is 0 Å². The number of hydrogen-bond acceptors (Lipinski definition) is 5. The van der Waals surface area contributed by atoms with Gasteiger partial charge in [-0.3, -0.25) is 4.57 Å². The molecule has 0 aliphatic carbocycles. The molecule has 0 spiro atoms. The van der Waals surface area contributed by atoms with Gasteiger partial charge in [0.05, 0.1) is 30.2 Å². The van der Waals surface area contributed by atoms with Crippen molar-refractivity contribution in [2.24, 2.45) is 0 Å². The Bertz CT molecular complexity index is 4330. The predicted octanol–water partition coefficient (Wildman–Crippen LogP) is 13.4. The van der Waals surface area contributed by atoms with Crippen LogP contribution in [0.15, 0.2) is 190 Å². The lowest BCUT2D eigenvalue weighted by Crippen LogP contribution is -2.06. The quantitative estimate of drug-likeness (QED) is 0.175. The Kier molecular flexibility index (Phi) is 4.49. The van der Waals surface area contributed by atoms with Crippen LogP contribution in [0.3, 0.4) is 0 Å². The predicted molar refractivity (Wildman–Crippen MR) is 230 cm³/mol. The van der Waals surface area contributed by atoms with E-state index in [2.05, 4.69) is 0 Å². The topological polar surface area (TPSA) is 69.9 Å². The van der Waals surface area contributed by atoms with Crippen molar-refractivity contribution in [3.05, 3.63) is 182 Å². The van der Waals surface area contributed by atoms with Crippen molar-refractivity contribution in [3.8, 4) is 51.0 Å². The van der Waals surface area contributed by atoms with Gasteiger partial charge in [0, 0.05) is 43.4 Å². The second-order valence-electron chi connectivity index (χ2n) is 13.3. The molecule has 0 saturated heterocycles. The fourth-order valence-electron chi connectivity index (χ4n) is 7.31. The van der Waals surface area contributed by atoms with Gasteiger partial charge in [-0.2, -0.15) is 9.97 Å². The lowest BCUT2D eigenvalue weighted by Gasteiger charge is -2.11. The summed E-state index contributed by atoms with van der Waals surface area (Å²) >= 11 is 0. The van der Waals surface area contributed by atoms with E-state index < -0.39 is 54.4 Å². The summed E-state index contributed by atoms with van der Waals surface area (Å²) in [6, 6.07) is 21.4. The summed E-state index contributed by atoms with van der Waals surface area (Å²) < 4.78 is 142. The highest BCUT2D eigenvalue weighted by Crippen LogP contribution is 2.41. The van der Waals surface area contributed by atoms with Crippen LogP contribution in [0.25, 0.3) is 117 Å². The van der Waals surface area contributed by atoms with Gasteiger partial charge in [-0.1, -0.05) is 133 Å². The molecule has 0 unspecified atom stereocenters. The van der Waals surface area contributed by atoms with Gasteiger partial charge in [0.2, 0.25) is 5.95 Å². The number of fused-ring (bicyclic) bond motifs is 9. The number of aromatic nitrogens is 4. The summed E-state index contributed by atoms with van der Waals surface area (Å²) in [5.41, 5.74) is 0.733. The first-order chi connectivity index (χ1) is 34.1. The van der Waals surface area contributed by atoms with Crippen LogP contribution in [0.4, 0.5) is 0 Å². The Morgan fingerprint density at radius 3 is 1.88 bits per heavy atom. The third-order valence-corrected chi connectivity index (χ3v) is 9.92. The molecule has 4 heterocycles. The number of benzene rings is 8. The van der Waals surface area contributed by atoms with E-state index in [-0.39, 0.29) is 130 Å². The van der Waals surface area contributed by atoms with Crippen LogP contribution in [-0.4, -0.2) is 19.5 Å². The second kappa shape index (κ2) is 12.3. The Hall–Kier alpha value is -7.83. The van der Waals surface area contributed by atoms with E-state index in [0.717, 1.165) is 0 Å². The Labute approximate surface area is 345 Å². The lowest BCUT2D eigenvalue weighted by molar-refractivity contribution is 0.669. The summed E-state index contributed by atoms with van der Waals surface area (Å²) in [5.74, 6) is -0.699. The molecular weight excluding hydrogens is 701 g/mol. The molecule has 0 atom stereocenters.